The van der Waals surface area contributed by atoms with E-state index in [1.54, 1.807) is 0 Å². The largest absolute Gasteiger partial charge is 0.414 e. The Kier molecular flexibility index (Phi) is 5.48. The van der Waals surface area contributed by atoms with Gasteiger partial charge in [0, 0.05) is 11.1 Å². The summed E-state index contributed by atoms with van der Waals surface area (Å²) in [5.74, 6) is 0. The van der Waals surface area contributed by atoms with Crippen molar-refractivity contribution >= 4 is 15.7 Å². The zero-order valence-corrected chi connectivity index (χ0v) is 15.1. The molecule has 120 valence electrons. The van der Waals surface area contributed by atoms with Gasteiger partial charge in [-0.05, 0) is 30.7 Å². The first-order chi connectivity index (χ1) is 10.3. The number of rotatable bonds is 6. The summed E-state index contributed by atoms with van der Waals surface area (Å²) in [5.41, 5.74) is 9.68. The van der Waals surface area contributed by atoms with Crippen LogP contribution < -0.4 is 0 Å². The predicted octanol–water partition coefficient (Wildman–Crippen LogP) is 4.39. The lowest BCUT2D eigenvalue weighted by Crippen LogP contribution is -2.37. The van der Waals surface area contributed by atoms with Crippen LogP contribution in [0.15, 0.2) is 35.4 Å². The van der Waals surface area contributed by atoms with E-state index < -0.39 is 21.7 Å². The highest BCUT2D eigenvalue weighted by atomic mass is 31.2. The van der Waals surface area contributed by atoms with E-state index in [-0.39, 0.29) is 12.3 Å². The lowest BCUT2D eigenvalue weighted by molar-refractivity contribution is 0.200. The molecule has 1 aromatic carbocycles. The van der Waals surface area contributed by atoms with Crippen molar-refractivity contribution in [1.29, 1.82) is 0 Å². The fourth-order valence-electron chi connectivity index (χ4n) is 2.49. The van der Waals surface area contributed by atoms with Crippen LogP contribution in [0.3, 0.4) is 0 Å². The van der Waals surface area contributed by atoms with Gasteiger partial charge in [-0.3, -0.25) is 4.57 Å². The van der Waals surface area contributed by atoms with Gasteiger partial charge < -0.3 is 8.95 Å². The molecule has 0 N–H and O–H groups in total. The minimum absolute atomic E-state index is 0.263. The molecule has 1 heterocycles. The number of hydrogen-bond acceptors (Lipinski definition) is 4. The van der Waals surface area contributed by atoms with Crippen LogP contribution in [0.2, 0.25) is 19.6 Å². The monoisotopic (exact) mass is 339 g/mol. The molecule has 3 atom stereocenters. The standard InChI is InChI=1S/C14H22N3O3PSi/c1-22(2,3)20-14-11-21(18,10-13(14)16-17-15)19-9-12-7-5-4-6-8-12/h4-8,13-14H,9-11H2,1-3H3. The van der Waals surface area contributed by atoms with E-state index in [2.05, 4.69) is 29.7 Å². The molecule has 0 radical (unpaired) electrons. The van der Waals surface area contributed by atoms with E-state index in [9.17, 15) is 4.57 Å². The van der Waals surface area contributed by atoms with Crippen LogP contribution in [-0.4, -0.2) is 32.8 Å². The molecule has 0 aliphatic carbocycles. The van der Waals surface area contributed by atoms with Gasteiger partial charge in [0.2, 0.25) is 7.37 Å². The molecule has 8 heteroatoms. The maximum atomic E-state index is 12.9. The third-order valence-electron chi connectivity index (χ3n) is 3.37. The Morgan fingerprint density at radius 3 is 2.59 bits per heavy atom. The van der Waals surface area contributed by atoms with Gasteiger partial charge in [0.05, 0.1) is 24.9 Å². The van der Waals surface area contributed by atoms with Gasteiger partial charge in [-0.25, -0.2) is 0 Å². The van der Waals surface area contributed by atoms with Crippen molar-refractivity contribution in [3.63, 3.8) is 0 Å². The van der Waals surface area contributed by atoms with E-state index in [1.165, 1.54) is 0 Å². The molecule has 1 saturated heterocycles. The maximum Gasteiger partial charge on any atom is 0.206 e. The second kappa shape index (κ2) is 6.98. The number of benzene rings is 1. The normalized spacial score (nSPS) is 28.3. The predicted molar refractivity (Wildman–Crippen MR) is 89.7 cm³/mol. The van der Waals surface area contributed by atoms with Gasteiger partial charge in [0.25, 0.3) is 0 Å². The SMILES string of the molecule is C[Si](C)(C)OC1CP(=O)(OCc2ccccc2)CC1N=[N+]=[N-]. The topological polar surface area (TPSA) is 84.3 Å². The highest BCUT2D eigenvalue weighted by Crippen LogP contribution is 2.55. The Labute approximate surface area is 132 Å². The molecule has 0 bridgehead atoms. The summed E-state index contributed by atoms with van der Waals surface area (Å²) in [7, 11) is -4.63. The zero-order chi connectivity index (χ0) is 16.2. The number of nitrogens with zero attached hydrogens (tertiary/aromatic N) is 3. The Morgan fingerprint density at radius 1 is 1.32 bits per heavy atom. The summed E-state index contributed by atoms with van der Waals surface area (Å²) < 4.78 is 24.6. The Hall–Kier alpha value is -1.10. The molecule has 0 spiro atoms. The summed E-state index contributed by atoms with van der Waals surface area (Å²) in [4.78, 5) is 2.87. The van der Waals surface area contributed by atoms with Crippen LogP contribution in [0, 0.1) is 0 Å². The second-order valence-corrected chi connectivity index (χ2v) is 13.6. The molecular formula is C14H22N3O3PSi. The average molecular weight is 339 g/mol. The van der Waals surface area contributed by atoms with Gasteiger partial charge >= 0.3 is 0 Å². The van der Waals surface area contributed by atoms with E-state index in [0.29, 0.717) is 12.8 Å². The Morgan fingerprint density at radius 2 is 2.00 bits per heavy atom. The fourth-order valence-corrected chi connectivity index (χ4v) is 6.27. The minimum Gasteiger partial charge on any atom is -0.414 e. The van der Waals surface area contributed by atoms with Crippen LogP contribution in [0.5, 0.6) is 0 Å². The summed E-state index contributed by atoms with van der Waals surface area (Å²) in [5, 5.41) is 3.77. The second-order valence-electron chi connectivity index (χ2n) is 6.48. The van der Waals surface area contributed by atoms with Gasteiger partial charge in [-0.2, -0.15) is 0 Å². The third kappa shape index (κ3) is 4.97. The van der Waals surface area contributed by atoms with E-state index in [1.807, 2.05) is 30.3 Å². The number of hydrogen-bond donors (Lipinski definition) is 0. The first kappa shape index (κ1) is 17.3. The molecule has 1 aliphatic heterocycles. The molecule has 22 heavy (non-hydrogen) atoms. The Bertz CT molecular complexity index is 599. The number of azide groups is 1. The maximum absolute atomic E-state index is 12.9. The highest BCUT2D eigenvalue weighted by Gasteiger charge is 2.44. The van der Waals surface area contributed by atoms with Crippen LogP contribution in [-0.2, 0) is 20.1 Å². The van der Waals surface area contributed by atoms with Gasteiger partial charge in [0.1, 0.15) is 0 Å². The van der Waals surface area contributed by atoms with Crippen molar-refractivity contribution in [2.24, 2.45) is 5.11 Å². The molecule has 1 aliphatic rings. The third-order valence-corrected chi connectivity index (χ3v) is 6.82. The Balaban J connectivity index is 2.05. The van der Waals surface area contributed by atoms with E-state index in [0.717, 1.165) is 5.56 Å². The van der Waals surface area contributed by atoms with Crippen LogP contribution in [0.4, 0.5) is 0 Å². The average Bonchev–Trinajstić information content (AvgIpc) is 2.73. The van der Waals surface area contributed by atoms with Crippen molar-refractivity contribution in [2.45, 2.75) is 38.4 Å². The highest BCUT2D eigenvalue weighted by molar-refractivity contribution is 7.59. The molecule has 0 amide bonds. The van der Waals surface area contributed by atoms with Crippen molar-refractivity contribution in [1.82, 2.24) is 0 Å². The van der Waals surface area contributed by atoms with Crippen LogP contribution in [0.1, 0.15) is 5.56 Å². The molecule has 2 rings (SSSR count). The summed E-state index contributed by atoms with van der Waals surface area (Å²) in [6.45, 7) is 6.50. The molecule has 1 fully saturated rings. The van der Waals surface area contributed by atoms with Gasteiger partial charge in [-0.1, -0.05) is 35.4 Å². The van der Waals surface area contributed by atoms with Gasteiger partial charge in [-0.15, -0.1) is 0 Å². The minimum atomic E-state index is -2.83. The van der Waals surface area contributed by atoms with Crippen molar-refractivity contribution in [2.75, 3.05) is 12.3 Å². The van der Waals surface area contributed by atoms with Crippen LogP contribution in [0.25, 0.3) is 10.4 Å². The summed E-state index contributed by atoms with van der Waals surface area (Å²) in [6.07, 6.45) is 0.288. The fraction of sp³-hybridized carbons (Fsp3) is 0.571. The zero-order valence-electron chi connectivity index (χ0n) is 13.2. The molecule has 6 nitrogen and oxygen atoms in total. The molecular weight excluding hydrogens is 317 g/mol. The van der Waals surface area contributed by atoms with Crippen molar-refractivity contribution in [3.8, 4) is 0 Å². The smallest absolute Gasteiger partial charge is 0.206 e. The molecule has 0 saturated carbocycles. The molecule has 1 aromatic rings. The van der Waals surface area contributed by atoms with Crippen molar-refractivity contribution in [3.05, 3.63) is 46.3 Å². The van der Waals surface area contributed by atoms with Gasteiger partial charge in [0.15, 0.2) is 8.32 Å². The first-order valence-corrected chi connectivity index (χ1v) is 12.7. The lowest BCUT2D eigenvalue weighted by atomic mass is 10.2. The van der Waals surface area contributed by atoms with E-state index in [4.69, 9.17) is 14.5 Å². The van der Waals surface area contributed by atoms with Crippen LogP contribution >= 0.6 is 7.37 Å². The molecule has 3 unspecified atom stereocenters. The molecule has 0 aromatic heterocycles. The quantitative estimate of drug-likeness (QED) is 0.253. The summed E-state index contributed by atoms with van der Waals surface area (Å²) in [6, 6.07) is 9.23. The van der Waals surface area contributed by atoms with E-state index >= 15 is 0 Å². The summed E-state index contributed by atoms with van der Waals surface area (Å²) >= 11 is 0. The van der Waals surface area contributed by atoms with Crippen molar-refractivity contribution < 1.29 is 13.5 Å². The lowest BCUT2D eigenvalue weighted by Gasteiger charge is -2.25. The first-order valence-electron chi connectivity index (χ1n) is 7.30.